The van der Waals surface area contributed by atoms with Crippen molar-refractivity contribution in [2.75, 3.05) is 0 Å². The Morgan fingerprint density at radius 1 is 1.19 bits per heavy atom. The van der Waals surface area contributed by atoms with Gasteiger partial charge in [0, 0.05) is 21.8 Å². The molecular weight excluding hydrogens is 214 g/mol. The summed E-state index contributed by atoms with van der Waals surface area (Å²) in [7, 11) is 0. The Morgan fingerprint density at radius 2 is 2.00 bits per heavy atom. The summed E-state index contributed by atoms with van der Waals surface area (Å²) in [5, 5.41) is 0.765. The summed E-state index contributed by atoms with van der Waals surface area (Å²) >= 11 is 2.05. The van der Waals surface area contributed by atoms with Gasteiger partial charge in [-0.15, -0.1) is 11.8 Å². The molecule has 3 rings (SSSR count). The number of nitrogens with zero attached hydrogens (tertiary/aromatic N) is 1. The Labute approximate surface area is 101 Å². The zero-order chi connectivity index (χ0) is 11.0. The van der Waals surface area contributed by atoms with Crippen LogP contribution in [0.4, 0.5) is 5.69 Å². The first-order valence-corrected chi connectivity index (χ1v) is 7.03. The number of hydrogen-bond donors (Lipinski definition) is 0. The molecule has 0 aromatic heterocycles. The predicted molar refractivity (Wildman–Crippen MR) is 70.8 cm³/mol. The highest BCUT2D eigenvalue weighted by atomic mass is 32.2. The lowest BCUT2D eigenvalue weighted by molar-refractivity contribution is 0.452. The molecule has 0 amide bonds. The molecule has 2 heteroatoms. The molecule has 0 saturated heterocycles. The lowest BCUT2D eigenvalue weighted by Gasteiger charge is -2.29. The van der Waals surface area contributed by atoms with Crippen molar-refractivity contribution < 1.29 is 0 Å². The SMILES string of the molecule is CC1=Nc2ccccc2SC2CCCCC12. The second-order valence-electron chi connectivity index (χ2n) is 4.77. The van der Waals surface area contributed by atoms with E-state index in [1.807, 2.05) is 0 Å². The Bertz CT molecular complexity index is 424. The van der Waals surface area contributed by atoms with Crippen LogP contribution in [0.5, 0.6) is 0 Å². The lowest BCUT2D eigenvalue weighted by Crippen LogP contribution is -2.26. The van der Waals surface area contributed by atoms with Gasteiger partial charge in [0.15, 0.2) is 0 Å². The van der Waals surface area contributed by atoms with Crippen molar-refractivity contribution in [3.63, 3.8) is 0 Å². The van der Waals surface area contributed by atoms with E-state index in [4.69, 9.17) is 4.99 Å². The molecule has 16 heavy (non-hydrogen) atoms. The van der Waals surface area contributed by atoms with Crippen molar-refractivity contribution in [2.45, 2.75) is 42.8 Å². The molecule has 2 aliphatic rings. The third kappa shape index (κ3) is 1.80. The maximum absolute atomic E-state index is 4.82. The van der Waals surface area contributed by atoms with Gasteiger partial charge < -0.3 is 0 Å². The molecule has 1 fully saturated rings. The molecule has 0 radical (unpaired) electrons. The van der Waals surface area contributed by atoms with Gasteiger partial charge in [0.05, 0.1) is 5.69 Å². The summed E-state index contributed by atoms with van der Waals surface area (Å²) in [5.74, 6) is 0.714. The number of hydrogen-bond acceptors (Lipinski definition) is 2. The molecule has 0 spiro atoms. The van der Waals surface area contributed by atoms with Crippen LogP contribution in [0.15, 0.2) is 34.2 Å². The third-order valence-corrected chi connectivity index (χ3v) is 5.15. The van der Waals surface area contributed by atoms with Gasteiger partial charge in [-0.2, -0.15) is 0 Å². The van der Waals surface area contributed by atoms with Crippen LogP contribution in [-0.4, -0.2) is 11.0 Å². The highest BCUT2D eigenvalue weighted by Gasteiger charge is 2.30. The van der Waals surface area contributed by atoms with Gasteiger partial charge in [-0.3, -0.25) is 4.99 Å². The van der Waals surface area contributed by atoms with E-state index in [0.717, 1.165) is 5.25 Å². The van der Waals surface area contributed by atoms with E-state index in [1.165, 1.54) is 42.0 Å². The summed E-state index contributed by atoms with van der Waals surface area (Å²) in [6.07, 6.45) is 5.46. The predicted octanol–water partition coefficient (Wildman–Crippen LogP) is 4.44. The first kappa shape index (κ1) is 10.4. The van der Waals surface area contributed by atoms with Gasteiger partial charge in [-0.1, -0.05) is 25.0 Å². The molecule has 2 atom stereocenters. The first-order valence-electron chi connectivity index (χ1n) is 6.15. The largest absolute Gasteiger partial charge is 0.257 e. The summed E-state index contributed by atoms with van der Waals surface area (Å²) in [5.41, 5.74) is 2.53. The monoisotopic (exact) mass is 231 g/mol. The number of para-hydroxylation sites is 1. The Morgan fingerprint density at radius 3 is 2.94 bits per heavy atom. The van der Waals surface area contributed by atoms with Crippen LogP contribution in [-0.2, 0) is 0 Å². The average molecular weight is 231 g/mol. The first-order chi connectivity index (χ1) is 7.84. The number of fused-ring (bicyclic) bond motifs is 2. The molecular formula is C14H17NS. The van der Waals surface area contributed by atoms with Gasteiger partial charge in [0.1, 0.15) is 0 Å². The van der Waals surface area contributed by atoms with Crippen LogP contribution in [0.1, 0.15) is 32.6 Å². The topological polar surface area (TPSA) is 12.4 Å². The van der Waals surface area contributed by atoms with E-state index in [-0.39, 0.29) is 0 Å². The molecule has 1 aromatic rings. The minimum atomic E-state index is 0.714. The van der Waals surface area contributed by atoms with Crippen molar-refractivity contribution in [3.8, 4) is 0 Å². The van der Waals surface area contributed by atoms with Gasteiger partial charge in [0.2, 0.25) is 0 Å². The van der Waals surface area contributed by atoms with Crippen LogP contribution >= 0.6 is 11.8 Å². The highest BCUT2D eigenvalue weighted by molar-refractivity contribution is 8.00. The van der Waals surface area contributed by atoms with Crippen LogP contribution in [0, 0.1) is 5.92 Å². The highest BCUT2D eigenvalue weighted by Crippen LogP contribution is 2.44. The minimum absolute atomic E-state index is 0.714. The van der Waals surface area contributed by atoms with Gasteiger partial charge in [-0.25, -0.2) is 0 Å². The van der Waals surface area contributed by atoms with Gasteiger partial charge >= 0.3 is 0 Å². The summed E-state index contributed by atoms with van der Waals surface area (Å²) < 4.78 is 0. The van der Waals surface area contributed by atoms with E-state index in [1.54, 1.807) is 0 Å². The molecule has 1 heterocycles. The molecule has 1 aliphatic carbocycles. The summed E-state index contributed by atoms with van der Waals surface area (Å²) in [6, 6.07) is 8.57. The van der Waals surface area contributed by atoms with Crippen molar-refractivity contribution in [1.29, 1.82) is 0 Å². The van der Waals surface area contributed by atoms with Crippen molar-refractivity contribution in [3.05, 3.63) is 24.3 Å². The maximum atomic E-state index is 4.82. The Balaban J connectivity index is 2.02. The van der Waals surface area contributed by atoms with E-state index >= 15 is 0 Å². The molecule has 0 bridgehead atoms. The smallest absolute Gasteiger partial charge is 0.0764 e. The van der Waals surface area contributed by atoms with Crippen molar-refractivity contribution >= 4 is 23.2 Å². The van der Waals surface area contributed by atoms with Crippen LogP contribution < -0.4 is 0 Å². The van der Waals surface area contributed by atoms with Crippen LogP contribution in [0.25, 0.3) is 0 Å². The molecule has 1 aliphatic heterocycles. The molecule has 0 N–H and O–H groups in total. The number of benzene rings is 1. The fourth-order valence-electron chi connectivity index (χ4n) is 2.80. The van der Waals surface area contributed by atoms with E-state index < -0.39 is 0 Å². The number of thioether (sulfide) groups is 1. The fourth-order valence-corrected chi connectivity index (χ4v) is 4.30. The molecule has 1 saturated carbocycles. The molecule has 1 aromatic carbocycles. The lowest BCUT2D eigenvalue weighted by atomic mass is 9.85. The Hall–Kier alpha value is -0.760. The van der Waals surface area contributed by atoms with Gasteiger partial charge in [0.25, 0.3) is 0 Å². The van der Waals surface area contributed by atoms with E-state index in [9.17, 15) is 0 Å². The standard InChI is InChI=1S/C14H17NS/c1-10-11-6-2-4-8-13(11)16-14-9-5-3-7-12(14)15-10/h3,5,7,9,11,13H,2,4,6,8H2,1H3. The van der Waals surface area contributed by atoms with Crippen molar-refractivity contribution in [2.24, 2.45) is 10.9 Å². The fraction of sp³-hybridized carbons (Fsp3) is 0.500. The quantitative estimate of drug-likeness (QED) is 0.643. The second-order valence-corrected chi connectivity index (χ2v) is 6.05. The Kier molecular flexibility index (Phi) is 2.76. The molecule has 1 nitrogen and oxygen atoms in total. The molecule has 2 unspecified atom stereocenters. The second kappa shape index (κ2) is 4.25. The van der Waals surface area contributed by atoms with E-state index in [0.29, 0.717) is 5.92 Å². The summed E-state index contributed by atoms with van der Waals surface area (Å²) in [6.45, 7) is 2.21. The third-order valence-electron chi connectivity index (χ3n) is 3.68. The average Bonchev–Trinajstić information content (AvgIpc) is 2.45. The van der Waals surface area contributed by atoms with Crippen LogP contribution in [0.3, 0.4) is 0 Å². The summed E-state index contributed by atoms with van der Waals surface area (Å²) in [4.78, 5) is 6.19. The number of aliphatic imine (C=N–C) groups is 1. The number of rotatable bonds is 0. The van der Waals surface area contributed by atoms with Crippen LogP contribution in [0.2, 0.25) is 0 Å². The maximum Gasteiger partial charge on any atom is 0.0764 e. The zero-order valence-corrected chi connectivity index (χ0v) is 10.5. The van der Waals surface area contributed by atoms with E-state index in [2.05, 4.69) is 43.0 Å². The normalized spacial score (nSPS) is 28.7. The van der Waals surface area contributed by atoms with Crippen molar-refractivity contribution in [1.82, 2.24) is 0 Å². The zero-order valence-electron chi connectivity index (χ0n) is 9.65. The van der Waals surface area contributed by atoms with Gasteiger partial charge in [-0.05, 0) is 31.9 Å². The minimum Gasteiger partial charge on any atom is -0.257 e. The molecule has 84 valence electrons.